The smallest absolute Gasteiger partial charge is 0.286 e. The fourth-order valence-corrected chi connectivity index (χ4v) is 2.06. The maximum Gasteiger partial charge on any atom is 0.286 e. The van der Waals surface area contributed by atoms with E-state index in [9.17, 15) is 9.59 Å². The molecular weight excluding hydrogens is 296 g/mol. The lowest BCUT2D eigenvalue weighted by molar-refractivity contribution is -0.116. The van der Waals surface area contributed by atoms with Gasteiger partial charge in [0.05, 0.1) is 12.9 Å². The Labute approximate surface area is 134 Å². The van der Waals surface area contributed by atoms with Crippen LogP contribution >= 0.6 is 0 Å². The molecule has 2 amide bonds. The average molecular weight is 316 g/mol. The van der Waals surface area contributed by atoms with Crippen molar-refractivity contribution in [3.8, 4) is 0 Å². The van der Waals surface area contributed by atoms with Crippen LogP contribution in [-0.2, 0) is 11.4 Å². The zero-order valence-corrected chi connectivity index (χ0v) is 13.0. The van der Waals surface area contributed by atoms with Gasteiger partial charge in [-0.1, -0.05) is 12.1 Å². The maximum atomic E-state index is 11.9. The second-order valence-corrected chi connectivity index (χ2v) is 5.19. The predicted molar refractivity (Wildman–Crippen MR) is 86.0 cm³/mol. The largest absolute Gasteiger partial charge is 0.459 e. The zero-order valence-electron chi connectivity index (χ0n) is 13.0. The van der Waals surface area contributed by atoms with E-state index in [4.69, 9.17) is 9.52 Å². The Balaban J connectivity index is 1.74. The topological polar surface area (TPSA) is 91.6 Å². The molecule has 6 heteroatoms. The maximum absolute atomic E-state index is 11.9. The lowest BCUT2D eigenvalue weighted by atomic mass is 10.1. The van der Waals surface area contributed by atoms with Gasteiger partial charge in [0.15, 0.2) is 5.76 Å². The van der Waals surface area contributed by atoms with Crippen LogP contribution in [0.1, 0.15) is 34.5 Å². The normalized spacial score (nSPS) is 10.3. The number of hydrogen-bond acceptors (Lipinski definition) is 4. The van der Waals surface area contributed by atoms with E-state index in [1.807, 2.05) is 19.1 Å². The number of carbonyl (C=O) groups is 2. The third-order valence-corrected chi connectivity index (χ3v) is 3.37. The second kappa shape index (κ2) is 8.14. The predicted octanol–water partition coefficient (Wildman–Crippen LogP) is 2.23. The van der Waals surface area contributed by atoms with Gasteiger partial charge < -0.3 is 20.2 Å². The van der Waals surface area contributed by atoms with Crippen LogP contribution in [0.2, 0.25) is 0 Å². The fourth-order valence-electron chi connectivity index (χ4n) is 2.06. The molecule has 1 heterocycles. The molecular formula is C17H20N2O4. The molecule has 0 spiro atoms. The summed E-state index contributed by atoms with van der Waals surface area (Å²) >= 11 is 0. The highest BCUT2D eigenvalue weighted by Gasteiger charge is 2.09. The average Bonchev–Trinajstić information content (AvgIpc) is 3.08. The Kier molecular flexibility index (Phi) is 5.94. The van der Waals surface area contributed by atoms with Gasteiger partial charge in [0.1, 0.15) is 0 Å². The molecule has 0 radical (unpaired) electrons. The third-order valence-electron chi connectivity index (χ3n) is 3.37. The molecule has 0 saturated heterocycles. The van der Waals surface area contributed by atoms with Crippen molar-refractivity contribution in [3.05, 3.63) is 53.5 Å². The number of aliphatic hydroxyl groups is 1. The third kappa shape index (κ3) is 4.96. The van der Waals surface area contributed by atoms with E-state index in [0.717, 1.165) is 11.1 Å². The lowest BCUT2D eigenvalue weighted by Gasteiger charge is -2.10. The van der Waals surface area contributed by atoms with Crippen LogP contribution in [0, 0.1) is 6.92 Å². The van der Waals surface area contributed by atoms with Crippen molar-refractivity contribution in [1.82, 2.24) is 5.32 Å². The number of aliphatic hydroxyl groups excluding tert-OH is 1. The summed E-state index contributed by atoms with van der Waals surface area (Å²) in [5.41, 5.74) is 2.37. The first-order valence-electron chi connectivity index (χ1n) is 7.42. The minimum Gasteiger partial charge on any atom is -0.459 e. The van der Waals surface area contributed by atoms with E-state index in [1.54, 1.807) is 18.2 Å². The number of furan rings is 1. The van der Waals surface area contributed by atoms with Crippen LogP contribution in [0.25, 0.3) is 0 Å². The molecule has 3 N–H and O–H groups in total. The van der Waals surface area contributed by atoms with Crippen LogP contribution < -0.4 is 10.6 Å². The molecule has 0 atom stereocenters. The van der Waals surface area contributed by atoms with Crippen molar-refractivity contribution in [3.63, 3.8) is 0 Å². The molecule has 0 aliphatic carbocycles. The van der Waals surface area contributed by atoms with Crippen molar-refractivity contribution in [2.24, 2.45) is 0 Å². The van der Waals surface area contributed by atoms with Crippen molar-refractivity contribution in [2.45, 2.75) is 26.4 Å². The number of carbonyl (C=O) groups excluding carboxylic acids is 2. The minimum atomic E-state index is -0.290. The van der Waals surface area contributed by atoms with Crippen LogP contribution in [0.15, 0.2) is 41.0 Å². The van der Waals surface area contributed by atoms with Crippen molar-refractivity contribution in [2.75, 3.05) is 11.9 Å². The highest BCUT2D eigenvalue weighted by Crippen LogP contribution is 2.17. The molecule has 6 nitrogen and oxygen atoms in total. The van der Waals surface area contributed by atoms with Gasteiger partial charge in [0.2, 0.25) is 5.91 Å². The van der Waals surface area contributed by atoms with Gasteiger partial charge in [-0.3, -0.25) is 9.59 Å². The summed E-state index contributed by atoms with van der Waals surface area (Å²) in [5.74, 6) is -0.164. The highest BCUT2D eigenvalue weighted by molar-refractivity contribution is 5.92. The van der Waals surface area contributed by atoms with Gasteiger partial charge >= 0.3 is 0 Å². The number of benzene rings is 1. The molecule has 0 saturated carbocycles. The quantitative estimate of drug-likeness (QED) is 0.683. The van der Waals surface area contributed by atoms with E-state index in [-0.39, 0.29) is 24.2 Å². The van der Waals surface area contributed by atoms with Crippen LogP contribution in [0.4, 0.5) is 5.69 Å². The van der Waals surface area contributed by atoms with Crippen molar-refractivity contribution in [1.29, 1.82) is 0 Å². The lowest BCUT2D eigenvalue weighted by Crippen LogP contribution is -2.25. The molecule has 0 bridgehead atoms. The number of hydrogen-bond donors (Lipinski definition) is 3. The first-order chi connectivity index (χ1) is 11.1. The highest BCUT2D eigenvalue weighted by atomic mass is 16.3. The number of nitrogens with one attached hydrogen (secondary N) is 2. The number of aryl methyl sites for hydroxylation is 1. The summed E-state index contributed by atoms with van der Waals surface area (Å²) in [4.78, 5) is 23.6. The molecule has 0 aliphatic heterocycles. The van der Waals surface area contributed by atoms with Gasteiger partial charge in [0, 0.05) is 18.7 Å². The van der Waals surface area contributed by atoms with Gasteiger partial charge in [-0.25, -0.2) is 0 Å². The summed E-state index contributed by atoms with van der Waals surface area (Å²) in [5, 5.41) is 14.6. The molecule has 0 fully saturated rings. The van der Waals surface area contributed by atoms with E-state index >= 15 is 0 Å². The second-order valence-electron chi connectivity index (χ2n) is 5.19. The van der Waals surface area contributed by atoms with Crippen LogP contribution in [0.3, 0.4) is 0 Å². The SMILES string of the molecule is Cc1ccc(CO)cc1NC(=O)CCCNC(=O)c1ccco1. The Morgan fingerprint density at radius 2 is 2.09 bits per heavy atom. The van der Waals surface area contributed by atoms with Crippen molar-refractivity contribution >= 4 is 17.5 Å². The van der Waals surface area contributed by atoms with Gasteiger partial charge in [-0.15, -0.1) is 0 Å². The Bertz CT molecular complexity index is 665. The number of anilines is 1. The van der Waals surface area contributed by atoms with Gasteiger partial charge in [-0.05, 0) is 42.7 Å². The molecule has 122 valence electrons. The molecule has 0 unspecified atom stereocenters. The number of amides is 2. The van der Waals surface area contributed by atoms with Gasteiger partial charge in [0.25, 0.3) is 5.91 Å². The molecule has 1 aromatic heterocycles. The minimum absolute atomic E-state index is 0.0675. The summed E-state index contributed by atoms with van der Waals surface area (Å²) < 4.78 is 4.98. The summed E-state index contributed by atoms with van der Waals surface area (Å²) in [6.07, 6.45) is 2.25. The number of rotatable bonds is 7. The fraction of sp³-hybridized carbons (Fsp3) is 0.294. The molecule has 1 aromatic carbocycles. The van der Waals surface area contributed by atoms with E-state index in [1.165, 1.54) is 6.26 Å². The standard InChI is InChI=1S/C17H20N2O4/c1-12-6-7-13(11-20)10-14(12)19-16(21)5-2-8-18-17(22)15-4-3-9-23-15/h3-4,6-7,9-10,20H,2,5,8,11H2,1H3,(H,18,22)(H,19,21). The van der Waals surface area contributed by atoms with Crippen LogP contribution in [-0.4, -0.2) is 23.5 Å². The van der Waals surface area contributed by atoms with Crippen molar-refractivity contribution < 1.29 is 19.1 Å². The zero-order chi connectivity index (χ0) is 16.7. The van der Waals surface area contributed by atoms with E-state index < -0.39 is 0 Å². The first-order valence-corrected chi connectivity index (χ1v) is 7.42. The molecule has 2 aromatic rings. The summed E-state index contributed by atoms with van der Waals surface area (Å²) in [7, 11) is 0. The Morgan fingerprint density at radius 1 is 1.26 bits per heavy atom. The molecule has 23 heavy (non-hydrogen) atoms. The van der Waals surface area contributed by atoms with E-state index in [0.29, 0.717) is 25.1 Å². The Hall–Kier alpha value is -2.60. The summed E-state index contributed by atoms with van der Waals surface area (Å²) in [6.45, 7) is 2.21. The van der Waals surface area contributed by atoms with Gasteiger partial charge in [-0.2, -0.15) is 0 Å². The summed E-state index contributed by atoms with van der Waals surface area (Å²) in [6, 6.07) is 8.65. The van der Waals surface area contributed by atoms with Crippen LogP contribution in [0.5, 0.6) is 0 Å². The first kappa shape index (κ1) is 16.8. The molecule has 2 rings (SSSR count). The Morgan fingerprint density at radius 3 is 2.78 bits per heavy atom. The monoisotopic (exact) mass is 316 g/mol. The van der Waals surface area contributed by atoms with E-state index in [2.05, 4.69) is 10.6 Å². The molecule has 0 aliphatic rings.